The topological polar surface area (TPSA) is 35.2 Å². The van der Waals surface area contributed by atoms with Crippen molar-refractivity contribution in [2.45, 2.75) is 32.6 Å². The molecule has 0 amide bonds. The molecule has 16 heavy (non-hydrogen) atoms. The molecule has 3 heteroatoms. The minimum absolute atomic E-state index is 0.498. The third-order valence-electron chi connectivity index (χ3n) is 2.74. The number of hydrogen-bond acceptors (Lipinski definition) is 2. The molecule has 1 aromatic carbocycles. The van der Waals surface area contributed by atoms with Crippen LogP contribution >= 0.6 is 11.6 Å². The van der Waals surface area contributed by atoms with E-state index in [0.717, 1.165) is 18.6 Å². The zero-order chi connectivity index (χ0) is 12.0. The minimum atomic E-state index is 0.498. The summed E-state index contributed by atoms with van der Waals surface area (Å²) < 4.78 is 5.41. The van der Waals surface area contributed by atoms with E-state index in [2.05, 4.69) is 13.0 Å². The fourth-order valence-corrected chi connectivity index (χ4v) is 2.09. The van der Waals surface area contributed by atoms with Gasteiger partial charge in [-0.2, -0.15) is 0 Å². The molecule has 2 nitrogen and oxygen atoms in total. The maximum Gasteiger partial charge on any atom is 0.137 e. The van der Waals surface area contributed by atoms with Crippen LogP contribution < -0.4 is 10.5 Å². The first-order chi connectivity index (χ1) is 7.72. The molecule has 0 bridgehead atoms. The van der Waals surface area contributed by atoms with Crippen molar-refractivity contribution < 1.29 is 4.74 Å². The summed E-state index contributed by atoms with van der Waals surface area (Å²) in [6.07, 6.45) is 2.09. The first kappa shape index (κ1) is 13.3. The van der Waals surface area contributed by atoms with E-state index in [1.54, 1.807) is 0 Å². The highest BCUT2D eigenvalue weighted by Gasteiger charge is 2.10. The molecule has 0 spiro atoms. The van der Waals surface area contributed by atoms with Crippen molar-refractivity contribution in [1.29, 1.82) is 0 Å². The summed E-state index contributed by atoms with van der Waals surface area (Å²) in [7, 11) is 0. The lowest BCUT2D eigenvalue weighted by molar-refractivity contribution is 0.340. The molecule has 1 atom stereocenters. The molecule has 1 aromatic rings. The Bertz CT molecular complexity index is 328. The molecule has 1 unspecified atom stereocenters. The molecule has 90 valence electrons. The maximum absolute atomic E-state index is 6.15. The Kier molecular flexibility index (Phi) is 5.64. The largest absolute Gasteiger partial charge is 0.492 e. The predicted molar refractivity (Wildman–Crippen MR) is 69.3 cm³/mol. The van der Waals surface area contributed by atoms with Crippen molar-refractivity contribution in [2.24, 2.45) is 5.73 Å². The van der Waals surface area contributed by atoms with Crippen LogP contribution in [0.5, 0.6) is 5.75 Å². The fraction of sp³-hybridized carbons (Fsp3) is 0.538. The standard InChI is InChI=1S/C13H20ClNO/c1-3-10(7-8-15)11-5-6-13(16-4-2)12(14)9-11/h5-6,9-10H,3-4,7-8,15H2,1-2H3. The number of nitrogens with two attached hydrogens (primary N) is 1. The molecular weight excluding hydrogens is 222 g/mol. The van der Waals surface area contributed by atoms with Crippen LogP contribution in [-0.4, -0.2) is 13.2 Å². The molecule has 0 aliphatic heterocycles. The van der Waals surface area contributed by atoms with Crippen molar-refractivity contribution in [1.82, 2.24) is 0 Å². The van der Waals surface area contributed by atoms with E-state index in [9.17, 15) is 0 Å². The van der Waals surface area contributed by atoms with Gasteiger partial charge in [0.1, 0.15) is 5.75 Å². The monoisotopic (exact) mass is 241 g/mol. The molecule has 0 heterocycles. The summed E-state index contributed by atoms with van der Waals surface area (Å²) in [6.45, 7) is 5.47. The summed E-state index contributed by atoms with van der Waals surface area (Å²) in [4.78, 5) is 0. The third kappa shape index (κ3) is 3.39. The van der Waals surface area contributed by atoms with Gasteiger partial charge in [-0.25, -0.2) is 0 Å². The average molecular weight is 242 g/mol. The molecule has 0 saturated carbocycles. The van der Waals surface area contributed by atoms with Crippen LogP contribution in [-0.2, 0) is 0 Å². The van der Waals surface area contributed by atoms with E-state index in [0.29, 0.717) is 24.1 Å². The highest BCUT2D eigenvalue weighted by molar-refractivity contribution is 6.32. The molecule has 0 aliphatic rings. The first-order valence-corrected chi connectivity index (χ1v) is 6.23. The van der Waals surface area contributed by atoms with Crippen LogP contribution in [0.1, 0.15) is 38.2 Å². The Hall–Kier alpha value is -0.730. The van der Waals surface area contributed by atoms with E-state index in [1.807, 2.05) is 19.1 Å². The van der Waals surface area contributed by atoms with E-state index >= 15 is 0 Å². The van der Waals surface area contributed by atoms with E-state index in [1.165, 1.54) is 5.56 Å². The van der Waals surface area contributed by atoms with Gasteiger partial charge < -0.3 is 10.5 Å². The van der Waals surface area contributed by atoms with E-state index in [-0.39, 0.29) is 0 Å². The fourth-order valence-electron chi connectivity index (χ4n) is 1.85. The molecule has 0 aromatic heterocycles. The Morgan fingerprint density at radius 2 is 2.12 bits per heavy atom. The Labute approximate surface area is 103 Å². The molecule has 2 N–H and O–H groups in total. The summed E-state index contributed by atoms with van der Waals surface area (Å²) in [5.74, 6) is 1.26. The number of benzene rings is 1. The second-order valence-corrected chi connectivity index (χ2v) is 4.21. The van der Waals surface area contributed by atoms with Crippen molar-refractivity contribution >= 4 is 11.6 Å². The summed E-state index contributed by atoms with van der Waals surface area (Å²) in [6, 6.07) is 6.03. The average Bonchev–Trinajstić information content (AvgIpc) is 2.29. The third-order valence-corrected chi connectivity index (χ3v) is 3.03. The Morgan fingerprint density at radius 3 is 2.62 bits per heavy atom. The van der Waals surface area contributed by atoms with Crippen LogP contribution in [0, 0.1) is 0 Å². The molecule has 0 radical (unpaired) electrons. The zero-order valence-electron chi connectivity index (χ0n) is 10.0. The van der Waals surface area contributed by atoms with Crippen LogP contribution in [0.2, 0.25) is 5.02 Å². The highest BCUT2D eigenvalue weighted by Crippen LogP contribution is 2.31. The van der Waals surface area contributed by atoms with E-state index < -0.39 is 0 Å². The van der Waals surface area contributed by atoms with Crippen molar-refractivity contribution in [2.75, 3.05) is 13.2 Å². The minimum Gasteiger partial charge on any atom is -0.492 e. The van der Waals surface area contributed by atoms with Crippen LogP contribution in [0.25, 0.3) is 0 Å². The van der Waals surface area contributed by atoms with Crippen LogP contribution in [0.15, 0.2) is 18.2 Å². The van der Waals surface area contributed by atoms with Gasteiger partial charge in [0.15, 0.2) is 0 Å². The van der Waals surface area contributed by atoms with Gasteiger partial charge in [0.2, 0.25) is 0 Å². The number of hydrogen-bond donors (Lipinski definition) is 1. The van der Waals surface area contributed by atoms with Crippen LogP contribution in [0.4, 0.5) is 0 Å². The smallest absolute Gasteiger partial charge is 0.137 e. The van der Waals surface area contributed by atoms with Gasteiger partial charge in [0.05, 0.1) is 11.6 Å². The Balaban J connectivity index is 2.85. The highest BCUT2D eigenvalue weighted by atomic mass is 35.5. The summed E-state index contributed by atoms with van der Waals surface area (Å²) >= 11 is 6.15. The quantitative estimate of drug-likeness (QED) is 0.826. The molecule has 0 fully saturated rings. The second kappa shape index (κ2) is 6.77. The zero-order valence-corrected chi connectivity index (χ0v) is 10.8. The lowest BCUT2D eigenvalue weighted by atomic mass is 9.93. The second-order valence-electron chi connectivity index (χ2n) is 3.81. The lowest BCUT2D eigenvalue weighted by Gasteiger charge is -2.15. The summed E-state index contributed by atoms with van der Waals surface area (Å²) in [5, 5.41) is 0.690. The van der Waals surface area contributed by atoms with Crippen LogP contribution in [0.3, 0.4) is 0 Å². The normalized spacial score (nSPS) is 12.5. The molecule has 1 rings (SSSR count). The Morgan fingerprint density at radius 1 is 1.38 bits per heavy atom. The molecule has 0 saturated heterocycles. The van der Waals surface area contributed by atoms with E-state index in [4.69, 9.17) is 22.1 Å². The van der Waals surface area contributed by atoms with Gasteiger partial charge >= 0.3 is 0 Å². The molecule has 0 aliphatic carbocycles. The van der Waals surface area contributed by atoms with Crippen molar-refractivity contribution in [3.05, 3.63) is 28.8 Å². The van der Waals surface area contributed by atoms with Gasteiger partial charge in [-0.15, -0.1) is 0 Å². The first-order valence-electron chi connectivity index (χ1n) is 5.85. The van der Waals surface area contributed by atoms with Gasteiger partial charge in [-0.1, -0.05) is 24.6 Å². The van der Waals surface area contributed by atoms with Crippen molar-refractivity contribution in [3.8, 4) is 5.75 Å². The van der Waals surface area contributed by atoms with Gasteiger partial charge in [0, 0.05) is 0 Å². The lowest BCUT2D eigenvalue weighted by Crippen LogP contribution is -2.06. The number of rotatable bonds is 6. The van der Waals surface area contributed by atoms with Gasteiger partial charge in [0.25, 0.3) is 0 Å². The SMILES string of the molecule is CCOc1ccc(C(CC)CCN)cc1Cl. The number of halogens is 1. The number of ether oxygens (including phenoxy) is 1. The predicted octanol–water partition coefficient (Wildman–Crippen LogP) is 3.58. The van der Waals surface area contributed by atoms with Gasteiger partial charge in [-0.05, 0) is 49.9 Å². The molecular formula is C13H20ClNO. The van der Waals surface area contributed by atoms with Gasteiger partial charge in [-0.3, -0.25) is 0 Å². The maximum atomic E-state index is 6.15. The van der Waals surface area contributed by atoms with Crippen molar-refractivity contribution in [3.63, 3.8) is 0 Å². The summed E-state index contributed by atoms with van der Waals surface area (Å²) in [5.41, 5.74) is 6.85.